The monoisotopic (exact) mass is 397 g/mol. The van der Waals surface area contributed by atoms with Crippen LogP contribution in [0.3, 0.4) is 0 Å². The molecule has 1 saturated heterocycles. The maximum Gasteiger partial charge on any atom is 0.236 e. The second kappa shape index (κ2) is 7.89. The van der Waals surface area contributed by atoms with Crippen LogP contribution in [-0.4, -0.2) is 54.8 Å². The van der Waals surface area contributed by atoms with E-state index in [0.29, 0.717) is 25.4 Å². The summed E-state index contributed by atoms with van der Waals surface area (Å²) in [7, 11) is -3.00. The topological polar surface area (TPSA) is 92.5 Å². The van der Waals surface area contributed by atoms with Gasteiger partial charge in [-0.2, -0.15) is 0 Å². The lowest BCUT2D eigenvalue weighted by atomic mass is 10.2. The molecule has 7 nitrogen and oxygen atoms in total. The van der Waals surface area contributed by atoms with E-state index in [0.717, 1.165) is 16.3 Å². The van der Waals surface area contributed by atoms with Crippen LogP contribution in [0.25, 0.3) is 10.8 Å². The lowest BCUT2D eigenvalue weighted by molar-refractivity contribution is -0.122. The van der Waals surface area contributed by atoms with Crippen LogP contribution in [0.15, 0.2) is 21.9 Å². The Kier molecular flexibility index (Phi) is 5.79. The fraction of sp³-hybridized carbons (Fsp3) is 0.529. The average Bonchev–Trinajstić information content (AvgIpc) is 3.28. The summed E-state index contributed by atoms with van der Waals surface area (Å²) in [6, 6.07) is 3.64. The number of sulfone groups is 1. The van der Waals surface area contributed by atoms with E-state index in [1.165, 1.54) is 0 Å². The largest absolute Gasteiger partial charge is 0.440 e. The van der Waals surface area contributed by atoms with Gasteiger partial charge in [-0.05, 0) is 31.3 Å². The van der Waals surface area contributed by atoms with E-state index in [9.17, 15) is 13.2 Å². The number of aromatic nitrogens is 1. The Morgan fingerprint density at radius 1 is 1.50 bits per heavy atom. The maximum atomic E-state index is 12.3. The Labute approximate surface area is 157 Å². The van der Waals surface area contributed by atoms with Crippen molar-refractivity contribution in [3.8, 4) is 10.8 Å². The summed E-state index contributed by atoms with van der Waals surface area (Å²) in [5.41, 5.74) is 0.812. The molecular weight excluding hydrogens is 374 g/mol. The van der Waals surface area contributed by atoms with Gasteiger partial charge in [-0.25, -0.2) is 13.4 Å². The van der Waals surface area contributed by atoms with Crippen LogP contribution in [-0.2, 0) is 21.2 Å². The summed E-state index contributed by atoms with van der Waals surface area (Å²) in [6.07, 6.45) is 0.493. The number of amides is 1. The van der Waals surface area contributed by atoms with Crippen molar-refractivity contribution in [3.63, 3.8) is 0 Å². The van der Waals surface area contributed by atoms with Crippen molar-refractivity contribution >= 4 is 27.1 Å². The minimum absolute atomic E-state index is 0.0391. The molecule has 0 saturated carbocycles. The first kappa shape index (κ1) is 19.1. The zero-order valence-electron chi connectivity index (χ0n) is 14.9. The van der Waals surface area contributed by atoms with Gasteiger partial charge in [0.1, 0.15) is 5.76 Å². The molecule has 3 heterocycles. The first-order valence-corrected chi connectivity index (χ1v) is 11.3. The molecule has 2 aromatic rings. The zero-order valence-corrected chi connectivity index (χ0v) is 16.5. The fourth-order valence-corrected chi connectivity index (χ4v) is 5.28. The lowest BCUT2D eigenvalue weighted by Crippen LogP contribution is -2.42. The van der Waals surface area contributed by atoms with Crippen LogP contribution in [0.5, 0.6) is 0 Å². The molecule has 1 unspecified atom stereocenters. The van der Waals surface area contributed by atoms with E-state index in [1.807, 2.05) is 36.3 Å². The van der Waals surface area contributed by atoms with Gasteiger partial charge in [-0.15, -0.1) is 11.3 Å². The first-order valence-electron chi connectivity index (χ1n) is 8.58. The molecular formula is C17H23N3O4S2. The van der Waals surface area contributed by atoms with Gasteiger partial charge in [-0.3, -0.25) is 9.69 Å². The molecule has 2 aromatic heterocycles. The predicted octanol–water partition coefficient (Wildman–Crippen LogP) is 1.84. The third kappa shape index (κ3) is 4.72. The molecule has 26 heavy (non-hydrogen) atoms. The Morgan fingerprint density at radius 3 is 2.92 bits per heavy atom. The van der Waals surface area contributed by atoms with Crippen molar-refractivity contribution in [2.24, 2.45) is 0 Å². The van der Waals surface area contributed by atoms with Crippen LogP contribution in [0.4, 0.5) is 0 Å². The quantitative estimate of drug-likeness (QED) is 0.766. The number of hydrogen-bond acceptors (Lipinski definition) is 7. The van der Waals surface area contributed by atoms with Gasteiger partial charge in [0.05, 0.1) is 28.6 Å². The van der Waals surface area contributed by atoms with Crippen LogP contribution < -0.4 is 5.32 Å². The molecule has 9 heteroatoms. The number of likely N-dealkylation sites (N-methyl/N-ethyl adjacent to an activating group) is 1. The molecule has 1 atom stereocenters. The van der Waals surface area contributed by atoms with E-state index in [1.54, 1.807) is 11.3 Å². The van der Waals surface area contributed by atoms with Crippen molar-refractivity contribution in [1.29, 1.82) is 0 Å². The molecule has 0 spiro atoms. The Balaban J connectivity index is 1.58. The highest BCUT2D eigenvalue weighted by Crippen LogP contribution is 2.26. The lowest BCUT2D eigenvalue weighted by Gasteiger charge is -2.20. The van der Waals surface area contributed by atoms with E-state index in [4.69, 9.17) is 4.42 Å². The molecule has 1 aliphatic heterocycles. The summed E-state index contributed by atoms with van der Waals surface area (Å²) in [4.78, 5) is 19.8. The second-order valence-electron chi connectivity index (χ2n) is 6.47. The number of thiophene rings is 1. The summed E-state index contributed by atoms with van der Waals surface area (Å²) >= 11 is 1.57. The normalized spacial score (nSPS) is 19.1. The van der Waals surface area contributed by atoms with Crippen LogP contribution in [0, 0.1) is 6.92 Å². The van der Waals surface area contributed by atoms with E-state index in [2.05, 4.69) is 10.3 Å². The number of hydrogen-bond donors (Lipinski definition) is 1. The number of aryl methyl sites for hydroxylation is 1. The average molecular weight is 398 g/mol. The van der Waals surface area contributed by atoms with Crippen LogP contribution in [0.1, 0.15) is 24.8 Å². The van der Waals surface area contributed by atoms with E-state index in [-0.39, 0.29) is 30.0 Å². The summed E-state index contributed by atoms with van der Waals surface area (Å²) in [5, 5.41) is 4.80. The first-order chi connectivity index (χ1) is 12.4. The van der Waals surface area contributed by atoms with Gasteiger partial charge in [0.2, 0.25) is 11.8 Å². The standard InChI is InChI=1S/C17H23N3O4S2/c1-3-20(10-16(21)18-13-6-8-26(22,23)11-13)9-14-12(2)24-17(19-14)15-5-4-7-25-15/h4-5,7,13H,3,6,8-11H2,1-2H3,(H,18,21). The van der Waals surface area contributed by atoms with Crippen molar-refractivity contribution in [2.75, 3.05) is 24.6 Å². The summed E-state index contributed by atoms with van der Waals surface area (Å²) in [6.45, 7) is 5.23. The van der Waals surface area contributed by atoms with Crippen molar-refractivity contribution in [1.82, 2.24) is 15.2 Å². The summed E-state index contributed by atoms with van der Waals surface area (Å²) < 4.78 is 28.7. The highest BCUT2D eigenvalue weighted by molar-refractivity contribution is 7.91. The summed E-state index contributed by atoms with van der Waals surface area (Å²) in [5.74, 6) is 1.38. The number of nitrogens with zero attached hydrogens (tertiary/aromatic N) is 2. The van der Waals surface area contributed by atoms with Gasteiger partial charge in [-0.1, -0.05) is 13.0 Å². The van der Waals surface area contributed by atoms with E-state index >= 15 is 0 Å². The smallest absolute Gasteiger partial charge is 0.236 e. The third-order valence-corrected chi connectivity index (χ3v) is 7.04. The number of nitrogens with one attached hydrogen (secondary N) is 1. The molecule has 0 radical (unpaired) electrons. The molecule has 0 aliphatic carbocycles. The molecule has 0 bridgehead atoms. The Hall–Kier alpha value is -1.71. The SMILES string of the molecule is CCN(CC(=O)NC1CCS(=O)(=O)C1)Cc1nc(-c2cccs2)oc1C. The van der Waals surface area contributed by atoms with Crippen molar-refractivity contribution in [3.05, 3.63) is 29.0 Å². The van der Waals surface area contributed by atoms with E-state index < -0.39 is 9.84 Å². The van der Waals surface area contributed by atoms with Crippen molar-refractivity contribution in [2.45, 2.75) is 32.9 Å². The van der Waals surface area contributed by atoms with Crippen molar-refractivity contribution < 1.29 is 17.6 Å². The minimum Gasteiger partial charge on any atom is -0.440 e. The molecule has 142 valence electrons. The van der Waals surface area contributed by atoms with Gasteiger partial charge in [0, 0.05) is 12.6 Å². The number of carbonyl (C=O) groups is 1. The third-order valence-electron chi connectivity index (χ3n) is 4.41. The number of rotatable bonds is 7. The molecule has 1 fully saturated rings. The predicted molar refractivity (Wildman–Crippen MR) is 101 cm³/mol. The molecule has 1 aliphatic rings. The minimum atomic E-state index is -3.00. The van der Waals surface area contributed by atoms with Gasteiger partial charge >= 0.3 is 0 Å². The molecule has 3 rings (SSSR count). The van der Waals surface area contributed by atoms with Gasteiger partial charge in [0.15, 0.2) is 9.84 Å². The maximum absolute atomic E-state index is 12.3. The number of carbonyl (C=O) groups excluding carboxylic acids is 1. The highest BCUT2D eigenvalue weighted by atomic mass is 32.2. The zero-order chi connectivity index (χ0) is 18.7. The Morgan fingerprint density at radius 2 is 2.31 bits per heavy atom. The van der Waals surface area contributed by atoms with Gasteiger partial charge in [0.25, 0.3) is 0 Å². The highest BCUT2D eigenvalue weighted by Gasteiger charge is 2.29. The van der Waals surface area contributed by atoms with Gasteiger partial charge < -0.3 is 9.73 Å². The second-order valence-corrected chi connectivity index (χ2v) is 9.65. The van der Waals surface area contributed by atoms with Crippen LogP contribution >= 0.6 is 11.3 Å². The number of oxazole rings is 1. The molecule has 1 N–H and O–H groups in total. The fourth-order valence-electron chi connectivity index (χ4n) is 2.96. The van der Waals surface area contributed by atoms with Crippen LogP contribution in [0.2, 0.25) is 0 Å². The Bertz CT molecular complexity index is 859. The molecule has 0 aromatic carbocycles. The molecule has 1 amide bonds.